The molecule has 0 bridgehead atoms. The van der Waals surface area contributed by atoms with E-state index in [2.05, 4.69) is 149 Å². The average molecular weight is 1470 g/mol. The first-order chi connectivity index (χ1) is 49.7. The average Bonchev–Trinajstić information content (AvgIpc) is 0.944. The number of carbonyl (C=O) groups is 4. The Morgan fingerprint density at radius 3 is 0.931 bits per heavy atom. The molecule has 0 amide bonds. The number of phosphoric ester groups is 2. The minimum absolute atomic E-state index is 0.0585. The summed E-state index contributed by atoms with van der Waals surface area (Å²) in [6.07, 6.45) is 85.6. The Labute approximate surface area is 617 Å². The molecule has 0 saturated heterocycles. The zero-order valence-electron chi connectivity index (χ0n) is 63.2. The van der Waals surface area contributed by atoms with Gasteiger partial charge in [-0.15, -0.1) is 0 Å². The van der Waals surface area contributed by atoms with E-state index in [1.54, 1.807) is 12.2 Å². The first-order valence-electron chi connectivity index (χ1n) is 38.7. The molecular formula is C83H136O17P2. The van der Waals surface area contributed by atoms with Crippen LogP contribution < -0.4 is 0 Å². The molecule has 0 aromatic carbocycles. The summed E-state index contributed by atoms with van der Waals surface area (Å²) in [6.45, 7) is 4.40. The highest BCUT2D eigenvalue weighted by Crippen LogP contribution is 2.45. The van der Waals surface area contributed by atoms with Crippen LogP contribution in [0, 0.1) is 0 Å². The van der Waals surface area contributed by atoms with Gasteiger partial charge in [0.25, 0.3) is 0 Å². The van der Waals surface area contributed by atoms with Gasteiger partial charge in [-0.25, -0.2) is 9.13 Å². The molecule has 0 heterocycles. The van der Waals surface area contributed by atoms with Crippen LogP contribution in [0.15, 0.2) is 158 Å². The van der Waals surface area contributed by atoms with E-state index in [4.69, 9.17) is 37.0 Å². The van der Waals surface area contributed by atoms with E-state index >= 15 is 0 Å². The van der Waals surface area contributed by atoms with Crippen molar-refractivity contribution in [3.8, 4) is 0 Å². The number of unbranched alkanes of at least 4 members (excludes halogenated alkanes) is 20. The Bertz CT molecular complexity index is 2550. The fourth-order valence-electron chi connectivity index (χ4n) is 9.69. The maximum absolute atomic E-state index is 13.1. The standard InChI is InChI=1S/C83H136O17P2/c1-5-9-13-17-21-25-29-32-35-37-38-40-43-45-49-52-56-60-64-68-80(85)93-73-78(99-82(87)69-65-61-57-53-47-28-24-20-16-12-8-4)75-97-101(89,90)95-71-77(84)72-96-102(91,92)98-76-79(100-83(88)70-66-62-58-54-50-46-41-34-31-27-23-19-15-11-7-3)74-94-81(86)67-63-59-55-51-48-44-42-39-36-33-30-26-22-18-14-10-6-2/h10-11,14-15,21-23,25-27,32-36,38,40-42,44,50-51,54-55,62,66,77-79,84H,5-9,12-13,16-20,24,28-31,37,39,43,45-49,52-53,56-61,63-65,67-76H2,1-4H3,(H,89,90)(H,91,92)/b14-10-,15-11-,25-21-,26-22-,27-23-,35-32-,36-33-,40-38-,41-34-,44-42-,54-50-,55-51-,66-62-. The first kappa shape index (κ1) is 96.7. The zero-order valence-corrected chi connectivity index (χ0v) is 65.0. The maximum Gasteiger partial charge on any atom is 0.472 e. The molecule has 19 heteroatoms. The molecule has 3 N–H and O–H groups in total. The van der Waals surface area contributed by atoms with Crippen LogP contribution in [0.5, 0.6) is 0 Å². The third-order valence-electron chi connectivity index (χ3n) is 15.5. The molecule has 580 valence electrons. The van der Waals surface area contributed by atoms with Gasteiger partial charge in [-0.3, -0.25) is 37.3 Å². The van der Waals surface area contributed by atoms with Crippen molar-refractivity contribution in [2.45, 2.75) is 303 Å². The van der Waals surface area contributed by atoms with Crippen LogP contribution in [-0.4, -0.2) is 96.7 Å². The molecule has 0 rings (SSSR count). The summed E-state index contributed by atoms with van der Waals surface area (Å²) < 4.78 is 68.3. The minimum atomic E-state index is -5.02. The molecule has 0 aliphatic heterocycles. The second-order valence-electron chi connectivity index (χ2n) is 25.2. The molecular weight excluding hydrogens is 1330 g/mol. The van der Waals surface area contributed by atoms with Gasteiger partial charge in [0, 0.05) is 19.3 Å². The van der Waals surface area contributed by atoms with Crippen molar-refractivity contribution in [3.63, 3.8) is 0 Å². The van der Waals surface area contributed by atoms with E-state index in [0.717, 1.165) is 141 Å². The quantitative estimate of drug-likeness (QED) is 0.0169. The third kappa shape index (κ3) is 73.0. The molecule has 0 aliphatic carbocycles. The number of ether oxygens (including phenoxy) is 4. The number of phosphoric acid groups is 2. The van der Waals surface area contributed by atoms with Gasteiger partial charge in [-0.2, -0.15) is 0 Å². The van der Waals surface area contributed by atoms with Crippen LogP contribution in [0.1, 0.15) is 285 Å². The van der Waals surface area contributed by atoms with Crippen molar-refractivity contribution in [1.29, 1.82) is 0 Å². The molecule has 0 aliphatic rings. The SMILES string of the molecule is CC/C=C\C/C=C\C/C=C\C/C=C\C/C=C\CCCC(=O)OCC(COP(=O)(O)OCC(O)COP(=O)(O)OCC(COC(=O)CCCCCCCC/C=C\C/C=C\C/C=C\CCCCC)OC(=O)CCCCCCCCCCCCC)OC(=O)C/C=C\C/C=C\C/C=C\C/C=C\C/C=C\CC. The van der Waals surface area contributed by atoms with E-state index < -0.39 is 97.5 Å². The van der Waals surface area contributed by atoms with Crippen LogP contribution in [0.4, 0.5) is 0 Å². The number of hydrogen-bond acceptors (Lipinski definition) is 15. The van der Waals surface area contributed by atoms with Gasteiger partial charge in [0.15, 0.2) is 12.2 Å². The monoisotopic (exact) mass is 1470 g/mol. The summed E-state index contributed by atoms with van der Waals surface area (Å²) >= 11 is 0. The molecule has 0 aromatic heterocycles. The van der Waals surface area contributed by atoms with E-state index in [-0.39, 0.29) is 25.7 Å². The van der Waals surface area contributed by atoms with Crippen LogP contribution in [0.2, 0.25) is 0 Å². The van der Waals surface area contributed by atoms with E-state index in [1.165, 1.54) is 57.8 Å². The fourth-order valence-corrected chi connectivity index (χ4v) is 11.3. The maximum atomic E-state index is 13.1. The Morgan fingerprint density at radius 1 is 0.294 bits per heavy atom. The summed E-state index contributed by atoms with van der Waals surface area (Å²) in [4.78, 5) is 72.8. The number of allylic oxidation sites excluding steroid dienone is 25. The molecule has 0 fully saturated rings. The number of carbonyl (C=O) groups excluding carboxylic acids is 4. The van der Waals surface area contributed by atoms with Gasteiger partial charge in [0.2, 0.25) is 0 Å². The van der Waals surface area contributed by atoms with Crippen LogP contribution >= 0.6 is 15.6 Å². The lowest BCUT2D eigenvalue weighted by Gasteiger charge is -2.21. The summed E-state index contributed by atoms with van der Waals surface area (Å²) in [6, 6.07) is 0. The second-order valence-corrected chi connectivity index (χ2v) is 28.1. The van der Waals surface area contributed by atoms with Crippen molar-refractivity contribution >= 4 is 39.5 Å². The summed E-state index contributed by atoms with van der Waals surface area (Å²) in [5.74, 6) is -2.41. The highest BCUT2D eigenvalue weighted by molar-refractivity contribution is 7.47. The molecule has 0 aromatic rings. The van der Waals surface area contributed by atoms with Gasteiger partial charge in [0.05, 0.1) is 32.8 Å². The number of rotatable bonds is 71. The minimum Gasteiger partial charge on any atom is -0.462 e. The van der Waals surface area contributed by atoms with Gasteiger partial charge in [-0.1, -0.05) is 288 Å². The van der Waals surface area contributed by atoms with E-state index in [0.29, 0.717) is 32.1 Å². The third-order valence-corrected chi connectivity index (χ3v) is 17.4. The Kier molecular flexibility index (Phi) is 70.1. The van der Waals surface area contributed by atoms with Gasteiger partial charge in [0.1, 0.15) is 19.3 Å². The predicted octanol–water partition coefficient (Wildman–Crippen LogP) is 22.4. The van der Waals surface area contributed by atoms with E-state index in [1.807, 2.05) is 24.3 Å². The lowest BCUT2D eigenvalue weighted by molar-refractivity contribution is -0.161. The van der Waals surface area contributed by atoms with Gasteiger partial charge < -0.3 is 33.8 Å². The number of aliphatic hydroxyl groups excluding tert-OH is 1. The summed E-state index contributed by atoms with van der Waals surface area (Å²) in [5, 5.41) is 10.6. The lowest BCUT2D eigenvalue weighted by Crippen LogP contribution is -2.30. The van der Waals surface area contributed by atoms with Gasteiger partial charge in [-0.05, 0) is 128 Å². The van der Waals surface area contributed by atoms with Crippen molar-refractivity contribution < 1.29 is 80.2 Å². The van der Waals surface area contributed by atoms with Crippen LogP contribution in [0.25, 0.3) is 0 Å². The zero-order chi connectivity index (χ0) is 74.6. The predicted molar refractivity (Wildman–Crippen MR) is 417 cm³/mol. The fraction of sp³-hybridized carbons (Fsp3) is 0.639. The normalized spacial score (nSPS) is 14.8. The number of aliphatic hydroxyl groups is 1. The first-order valence-corrected chi connectivity index (χ1v) is 41.7. The van der Waals surface area contributed by atoms with Gasteiger partial charge >= 0.3 is 39.5 Å². The number of hydrogen-bond donors (Lipinski definition) is 3. The Morgan fingerprint density at radius 2 is 0.559 bits per heavy atom. The molecule has 0 spiro atoms. The van der Waals surface area contributed by atoms with Crippen LogP contribution in [0.3, 0.4) is 0 Å². The summed E-state index contributed by atoms with van der Waals surface area (Å²) in [7, 11) is -10.0. The van der Waals surface area contributed by atoms with E-state index in [9.17, 15) is 43.2 Å². The topological polar surface area (TPSA) is 237 Å². The highest BCUT2D eigenvalue weighted by atomic mass is 31.2. The Balaban J connectivity index is 5.44. The highest BCUT2D eigenvalue weighted by Gasteiger charge is 2.30. The summed E-state index contributed by atoms with van der Waals surface area (Å²) in [5.41, 5.74) is 0. The molecule has 0 radical (unpaired) electrons. The molecule has 5 unspecified atom stereocenters. The largest absolute Gasteiger partial charge is 0.472 e. The molecule has 17 nitrogen and oxygen atoms in total. The molecule has 0 saturated carbocycles. The Hall–Kier alpha value is -5.32. The molecule has 5 atom stereocenters. The van der Waals surface area contributed by atoms with Crippen molar-refractivity contribution in [3.05, 3.63) is 158 Å². The second kappa shape index (κ2) is 74.0. The van der Waals surface area contributed by atoms with Crippen molar-refractivity contribution in [1.82, 2.24) is 0 Å². The van der Waals surface area contributed by atoms with Crippen LogP contribution in [-0.2, 0) is 65.4 Å². The smallest absolute Gasteiger partial charge is 0.462 e. The van der Waals surface area contributed by atoms with Crippen molar-refractivity contribution in [2.75, 3.05) is 39.6 Å². The number of esters is 4. The molecule has 102 heavy (non-hydrogen) atoms. The lowest BCUT2D eigenvalue weighted by atomic mass is 10.1. The van der Waals surface area contributed by atoms with Crippen molar-refractivity contribution in [2.24, 2.45) is 0 Å².